The summed E-state index contributed by atoms with van der Waals surface area (Å²) in [4.78, 5) is 2.55. The van der Waals surface area contributed by atoms with E-state index in [0.717, 1.165) is 19.6 Å². The van der Waals surface area contributed by atoms with Gasteiger partial charge in [0.05, 0.1) is 18.6 Å². The van der Waals surface area contributed by atoms with Gasteiger partial charge in [0, 0.05) is 38.9 Å². The standard InChI is InChI=1S/C17H26N2O4S/c1-22-9-8-19-11-16(13-6-7-13)17(12-19)18-24(20,21)15-5-3-4-14(10-15)23-2/h3-5,10,13,16-18H,6-9,11-12H2,1-2H3/t16-,17+/m0/s1. The zero-order valence-corrected chi connectivity index (χ0v) is 15.1. The number of rotatable bonds is 8. The molecule has 2 fully saturated rings. The lowest BCUT2D eigenvalue weighted by Gasteiger charge is -2.19. The van der Waals surface area contributed by atoms with E-state index in [1.165, 1.54) is 20.0 Å². The maximum atomic E-state index is 12.8. The highest BCUT2D eigenvalue weighted by Crippen LogP contribution is 2.41. The summed E-state index contributed by atoms with van der Waals surface area (Å²) in [5.41, 5.74) is 0. The van der Waals surface area contributed by atoms with Crippen LogP contribution >= 0.6 is 0 Å². The molecule has 0 radical (unpaired) electrons. The Bertz CT molecular complexity index is 660. The van der Waals surface area contributed by atoms with Crippen molar-refractivity contribution in [3.8, 4) is 5.75 Å². The smallest absolute Gasteiger partial charge is 0.241 e. The van der Waals surface area contributed by atoms with Gasteiger partial charge >= 0.3 is 0 Å². The molecule has 0 spiro atoms. The highest BCUT2D eigenvalue weighted by molar-refractivity contribution is 7.89. The summed E-state index contributed by atoms with van der Waals surface area (Å²) in [5, 5.41) is 0. The maximum Gasteiger partial charge on any atom is 0.241 e. The Morgan fingerprint density at radius 1 is 1.25 bits per heavy atom. The molecule has 1 N–H and O–H groups in total. The van der Waals surface area contributed by atoms with Crippen LogP contribution in [0.3, 0.4) is 0 Å². The van der Waals surface area contributed by atoms with Crippen LogP contribution in [0.25, 0.3) is 0 Å². The second-order valence-electron chi connectivity index (χ2n) is 6.66. The van der Waals surface area contributed by atoms with Gasteiger partial charge in [-0.3, -0.25) is 4.90 Å². The molecule has 0 amide bonds. The number of hydrogen-bond donors (Lipinski definition) is 1. The summed E-state index contributed by atoms with van der Waals surface area (Å²) in [5.74, 6) is 1.59. The molecule has 24 heavy (non-hydrogen) atoms. The molecule has 1 aliphatic heterocycles. The van der Waals surface area contributed by atoms with E-state index < -0.39 is 10.0 Å². The molecule has 1 aliphatic carbocycles. The van der Waals surface area contributed by atoms with Crippen molar-refractivity contribution in [1.82, 2.24) is 9.62 Å². The summed E-state index contributed by atoms with van der Waals surface area (Å²) in [7, 11) is -0.320. The molecule has 6 nitrogen and oxygen atoms in total. The zero-order chi connectivity index (χ0) is 17.2. The molecule has 1 aromatic carbocycles. The average molecular weight is 354 g/mol. The molecule has 0 aromatic heterocycles. The first-order chi connectivity index (χ1) is 11.5. The molecule has 3 rings (SSSR count). The maximum absolute atomic E-state index is 12.8. The lowest BCUT2D eigenvalue weighted by Crippen LogP contribution is -2.41. The second-order valence-corrected chi connectivity index (χ2v) is 8.37. The largest absolute Gasteiger partial charge is 0.497 e. The van der Waals surface area contributed by atoms with E-state index in [2.05, 4.69) is 9.62 Å². The Hall–Kier alpha value is -1.15. The fraction of sp³-hybridized carbons (Fsp3) is 0.647. The second kappa shape index (κ2) is 7.39. The fourth-order valence-corrected chi connectivity index (χ4v) is 4.79. The van der Waals surface area contributed by atoms with Crippen molar-refractivity contribution < 1.29 is 17.9 Å². The SMILES string of the molecule is COCCN1C[C@@H](NS(=O)(=O)c2cccc(OC)c2)[C@H](C2CC2)C1. The van der Waals surface area contributed by atoms with Gasteiger partial charge in [-0.2, -0.15) is 0 Å². The van der Waals surface area contributed by atoms with Gasteiger partial charge in [-0.25, -0.2) is 13.1 Å². The van der Waals surface area contributed by atoms with Crippen molar-refractivity contribution in [2.24, 2.45) is 11.8 Å². The number of sulfonamides is 1. The van der Waals surface area contributed by atoms with Gasteiger partial charge in [0.15, 0.2) is 0 Å². The number of ether oxygens (including phenoxy) is 2. The molecule has 0 bridgehead atoms. The molecule has 2 atom stereocenters. The zero-order valence-electron chi connectivity index (χ0n) is 14.3. The molecule has 1 saturated heterocycles. The van der Waals surface area contributed by atoms with Gasteiger partial charge in [-0.1, -0.05) is 6.07 Å². The van der Waals surface area contributed by atoms with Crippen LogP contribution < -0.4 is 9.46 Å². The summed E-state index contributed by atoms with van der Waals surface area (Å²) in [6, 6.07) is 6.57. The molecule has 0 unspecified atom stereocenters. The van der Waals surface area contributed by atoms with Gasteiger partial charge in [0.2, 0.25) is 10.0 Å². The van der Waals surface area contributed by atoms with Gasteiger partial charge < -0.3 is 9.47 Å². The summed E-state index contributed by atoms with van der Waals surface area (Å²) >= 11 is 0. The van der Waals surface area contributed by atoms with E-state index in [4.69, 9.17) is 9.47 Å². The third-order valence-electron chi connectivity index (χ3n) is 4.94. The number of hydrogen-bond acceptors (Lipinski definition) is 5. The fourth-order valence-electron chi connectivity index (χ4n) is 3.48. The average Bonchev–Trinajstić information content (AvgIpc) is 3.35. The predicted octanol–water partition coefficient (Wildman–Crippen LogP) is 1.33. The van der Waals surface area contributed by atoms with Crippen LogP contribution in [0.1, 0.15) is 12.8 Å². The normalized spacial score (nSPS) is 25.1. The Kier molecular flexibility index (Phi) is 5.44. The lowest BCUT2D eigenvalue weighted by molar-refractivity contribution is 0.158. The number of nitrogens with zero attached hydrogens (tertiary/aromatic N) is 1. The minimum absolute atomic E-state index is 0.0365. The first-order valence-corrected chi connectivity index (χ1v) is 9.89. The molecular weight excluding hydrogens is 328 g/mol. The van der Waals surface area contributed by atoms with Crippen LogP contribution in [0, 0.1) is 11.8 Å². The summed E-state index contributed by atoms with van der Waals surface area (Å²) in [6.45, 7) is 3.21. The van der Waals surface area contributed by atoms with Crippen LogP contribution in [0.2, 0.25) is 0 Å². The first kappa shape index (κ1) is 17.7. The number of methoxy groups -OCH3 is 2. The number of likely N-dealkylation sites (tertiary alicyclic amines) is 1. The third kappa shape index (κ3) is 4.08. The molecule has 1 saturated carbocycles. The topological polar surface area (TPSA) is 67.9 Å². The molecule has 1 aromatic rings. The summed E-state index contributed by atoms with van der Waals surface area (Å²) in [6.07, 6.45) is 2.42. The highest BCUT2D eigenvalue weighted by Gasteiger charge is 2.43. The minimum atomic E-state index is -3.55. The molecule has 134 valence electrons. The van der Waals surface area contributed by atoms with Gasteiger partial charge in [-0.05, 0) is 36.8 Å². The predicted molar refractivity (Wildman–Crippen MR) is 91.6 cm³/mol. The highest BCUT2D eigenvalue weighted by atomic mass is 32.2. The lowest BCUT2D eigenvalue weighted by atomic mass is 9.99. The van der Waals surface area contributed by atoms with Gasteiger partial charge in [-0.15, -0.1) is 0 Å². The van der Waals surface area contributed by atoms with Crippen LogP contribution in [0.15, 0.2) is 29.2 Å². The Balaban J connectivity index is 1.72. The first-order valence-electron chi connectivity index (χ1n) is 8.41. The number of benzene rings is 1. The Labute approximate surface area is 144 Å². The van der Waals surface area contributed by atoms with Crippen molar-refractivity contribution in [3.63, 3.8) is 0 Å². The van der Waals surface area contributed by atoms with E-state index in [-0.39, 0.29) is 10.9 Å². The van der Waals surface area contributed by atoms with E-state index in [1.807, 2.05) is 0 Å². The van der Waals surface area contributed by atoms with Crippen molar-refractivity contribution in [2.75, 3.05) is 40.5 Å². The van der Waals surface area contributed by atoms with Gasteiger partial charge in [0.1, 0.15) is 5.75 Å². The quantitative estimate of drug-likeness (QED) is 0.763. The van der Waals surface area contributed by atoms with Crippen molar-refractivity contribution >= 4 is 10.0 Å². The van der Waals surface area contributed by atoms with Crippen LogP contribution in [0.5, 0.6) is 5.75 Å². The van der Waals surface area contributed by atoms with Crippen LogP contribution in [-0.2, 0) is 14.8 Å². The van der Waals surface area contributed by atoms with Gasteiger partial charge in [0.25, 0.3) is 0 Å². The van der Waals surface area contributed by atoms with E-state index in [9.17, 15) is 8.42 Å². The van der Waals surface area contributed by atoms with Crippen molar-refractivity contribution in [2.45, 2.75) is 23.8 Å². The van der Waals surface area contributed by atoms with E-state index in [1.54, 1.807) is 31.4 Å². The Morgan fingerprint density at radius 3 is 2.71 bits per heavy atom. The van der Waals surface area contributed by atoms with Crippen LogP contribution in [-0.4, -0.2) is 59.8 Å². The van der Waals surface area contributed by atoms with Crippen LogP contribution in [0.4, 0.5) is 0 Å². The monoisotopic (exact) mass is 354 g/mol. The van der Waals surface area contributed by atoms with Crippen molar-refractivity contribution in [1.29, 1.82) is 0 Å². The third-order valence-corrected chi connectivity index (χ3v) is 6.43. The Morgan fingerprint density at radius 2 is 2.04 bits per heavy atom. The van der Waals surface area contributed by atoms with Crippen molar-refractivity contribution in [3.05, 3.63) is 24.3 Å². The molecule has 7 heteroatoms. The molecular formula is C17H26N2O4S. The summed E-state index contributed by atoms with van der Waals surface area (Å²) < 4.78 is 38.7. The number of nitrogens with one attached hydrogen (secondary N) is 1. The molecule has 1 heterocycles. The van der Waals surface area contributed by atoms with E-state index in [0.29, 0.717) is 24.2 Å². The van der Waals surface area contributed by atoms with E-state index >= 15 is 0 Å². The molecule has 2 aliphatic rings. The minimum Gasteiger partial charge on any atom is -0.497 e.